The van der Waals surface area contributed by atoms with Gasteiger partial charge in [0.15, 0.2) is 0 Å². The van der Waals surface area contributed by atoms with E-state index in [1.54, 1.807) is 13.2 Å². The molecule has 0 aromatic heterocycles. The van der Waals surface area contributed by atoms with E-state index in [2.05, 4.69) is 15.9 Å². The highest BCUT2D eigenvalue weighted by molar-refractivity contribution is 9.08. The van der Waals surface area contributed by atoms with Crippen molar-refractivity contribution in [2.45, 2.75) is 5.33 Å². The zero-order valence-corrected chi connectivity index (χ0v) is 12.4. The molecule has 100 valence electrons. The molecule has 19 heavy (non-hydrogen) atoms. The molecule has 4 heteroatoms. The highest BCUT2D eigenvalue weighted by Crippen LogP contribution is 2.35. The molecule has 0 spiro atoms. The largest absolute Gasteiger partial charge is 0.495 e. The number of alkyl halides is 1. The van der Waals surface area contributed by atoms with Crippen LogP contribution in [0.25, 0.3) is 0 Å². The molecule has 0 fully saturated rings. The van der Waals surface area contributed by atoms with Crippen molar-refractivity contribution in [1.82, 2.24) is 0 Å². The van der Waals surface area contributed by atoms with Crippen LogP contribution in [0.2, 0.25) is 0 Å². The number of hydrogen-bond acceptors (Lipinski definition) is 2. The molecule has 0 saturated heterocycles. The first-order valence-electron chi connectivity index (χ1n) is 5.89. The SMILES string of the molecule is COc1ccccc1N(C)c1cccc(F)c1CBr. The lowest BCUT2D eigenvalue weighted by molar-refractivity contribution is 0.415. The summed E-state index contributed by atoms with van der Waals surface area (Å²) in [5, 5.41) is 0.467. The number of benzene rings is 2. The third-order valence-corrected chi connectivity index (χ3v) is 3.60. The Morgan fingerprint density at radius 3 is 2.47 bits per heavy atom. The van der Waals surface area contributed by atoms with Gasteiger partial charge in [0.2, 0.25) is 0 Å². The fraction of sp³-hybridized carbons (Fsp3) is 0.200. The second-order valence-corrected chi connectivity index (χ2v) is 4.66. The van der Waals surface area contributed by atoms with Crippen LogP contribution in [-0.2, 0) is 5.33 Å². The Morgan fingerprint density at radius 1 is 1.11 bits per heavy atom. The maximum Gasteiger partial charge on any atom is 0.142 e. The maximum absolute atomic E-state index is 13.8. The number of hydrogen-bond donors (Lipinski definition) is 0. The predicted molar refractivity (Wildman–Crippen MR) is 80.1 cm³/mol. The molecule has 0 unspecified atom stereocenters. The van der Waals surface area contributed by atoms with Gasteiger partial charge in [-0.05, 0) is 24.3 Å². The highest BCUT2D eigenvalue weighted by Gasteiger charge is 2.14. The standard InChI is InChI=1S/C15H15BrFNO/c1-18(14-7-3-4-9-15(14)19-2)13-8-5-6-12(17)11(13)10-16/h3-9H,10H2,1-2H3. The summed E-state index contributed by atoms with van der Waals surface area (Å²) in [7, 11) is 3.53. The van der Waals surface area contributed by atoms with E-state index in [0.29, 0.717) is 10.9 Å². The highest BCUT2D eigenvalue weighted by atomic mass is 79.9. The maximum atomic E-state index is 13.8. The Balaban J connectivity index is 2.50. The quantitative estimate of drug-likeness (QED) is 0.768. The minimum atomic E-state index is -0.212. The third-order valence-electron chi connectivity index (χ3n) is 3.04. The molecular formula is C15H15BrFNO. The second kappa shape index (κ2) is 6.06. The molecule has 0 saturated carbocycles. The van der Waals surface area contributed by atoms with Gasteiger partial charge in [0.25, 0.3) is 0 Å². The van der Waals surface area contributed by atoms with E-state index < -0.39 is 0 Å². The van der Waals surface area contributed by atoms with Crippen LogP contribution in [0.3, 0.4) is 0 Å². The van der Waals surface area contributed by atoms with E-state index in [0.717, 1.165) is 17.1 Å². The van der Waals surface area contributed by atoms with E-state index in [1.807, 2.05) is 42.3 Å². The summed E-state index contributed by atoms with van der Waals surface area (Å²) in [5.74, 6) is 0.547. The average Bonchev–Trinajstić information content (AvgIpc) is 2.46. The lowest BCUT2D eigenvalue weighted by atomic mass is 10.1. The minimum absolute atomic E-state index is 0.212. The summed E-state index contributed by atoms with van der Waals surface area (Å²) in [5.41, 5.74) is 2.36. The summed E-state index contributed by atoms with van der Waals surface area (Å²) < 4.78 is 19.2. The van der Waals surface area contributed by atoms with Gasteiger partial charge in [-0.15, -0.1) is 0 Å². The molecule has 0 aliphatic carbocycles. The Labute approximate surface area is 120 Å². The van der Waals surface area contributed by atoms with Crippen molar-refractivity contribution in [1.29, 1.82) is 0 Å². The van der Waals surface area contributed by atoms with E-state index >= 15 is 0 Å². The molecule has 0 atom stereocenters. The summed E-state index contributed by atoms with van der Waals surface area (Å²) in [6.45, 7) is 0. The third kappa shape index (κ3) is 2.73. The number of methoxy groups -OCH3 is 1. The Morgan fingerprint density at radius 2 is 1.79 bits per heavy atom. The van der Waals surface area contributed by atoms with Gasteiger partial charge < -0.3 is 9.64 Å². The van der Waals surface area contributed by atoms with E-state index in [1.165, 1.54) is 6.07 Å². The molecule has 2 aromatic carbocycles. The number of ether oxygens (including phenoxy) is 1. The summed E-state index contributed by atoms with van der Waals surface area (Å²) in [6, 6.07) is 12.8. The molecule has 0 bridgehead atoms. The van der Waals surface area contributed by atoms with Crippen molar-refractivity contribution in [2.75, 3.05) is 19.1 Å². The molecule has 0 aliphatic rings. The van der Waals surface area contributed by atoms with Crippen LogP contribution in [0.5, 0.6) is 5.75 Å². The lowest BCUT2D eigenvalue weighted by Gasteiger charge is -2.24. The van der Waals surface area contributed by atoms with Crippen molar-refractivity contribution in [3.63, 3.8) is 0 Å². The van der Waals surface area contributed by atoms with Gasteiger partial charge >= 0.3 is 0 Å². The van der Waals surface area contributed by atoms with Gasteiger partial charge in [-0.25, -0.2) is 4.39 Å². The number of para-hydroxylation sites is 2. The lowest BCUT2D eigenvalue weighted by Crippen LogP contribution is -2.13. The number of nitrogens with zero attached hydrogens (tertiary/aromatic N) is 1. The van der Waals surface area contributed by atoms with E-state index in [4.69, 9.17) is 4.74 Å². The monoisotopic (exact) mass is 323 g/mol. The average molecular weight is 324 g/mol. The van der Waals surface area contributed by atoms with Crippen LogP contribution < -0.4 is 9.64 Å². The van der Waals surface area contributed by atoms with Crippen LogP contribution in [0.4, 0.5) is 15.8 Å². The topological polar surface area (TPSA) is 12.5 Å². The van der Waals surface area contributed by atoms with Crippen molar-refractivity contribution >= 4 is 27.3 Å². The second-order valence-electron chi connectivity index (χ2n) is 4.10. The van der Waals surface area contributed by atoms with Crippen LogP contribution in [0.1, 0.15) is 5.56 Å². The molecule has 2 nitrogen and oxygen atoms in total. The van der Waals surface area contributed by atoms with Crippen molar-refractivity contribution in [3.8, 4) is 5.75 Å². The molecule has 0 N–H and O–H groups in total. The fourth-order valence-electron chi connectivity index (χ4n) is 2.03. The van der Waals surface area contributed by atoms with Crippen LogP contribution in [0, 0.1) is 5.82 Å². The molecule has 0 radical (unpaired) electrons. The first-order chi connectivity index (χ1) is 9.19. The molecule has 0 heterocycles. The van der Waals surface area contributed by atoms with Crippen LogP contribution in [0.15, 0.2) is 42.5 Å². The van der Waals surface area contributed by atoms with E-state index in [-0.39, 0.29) is 5.82 Å². The first kappa shape index (κ1) is 13.9. The smallest absolute Gasteiger partial charge is 0.142 e. The van der Waals surface area contributed by atoms with Gasteiger partial charge in [0.05, 0.1) is 12.8 Å². The summed E-state index contributed by atoms with van der Waals surface area (Å²) >= 11 is 3.34. The predicted octanol–water partition coefficient (Wildman–Crippen LogP) is 4.50. The number of halogens is 2. The van der Waals surface area contributed by atoms with Crippen molar-refractivity contribution < 1.29 is 9.13 Å². The van der Waals surface area contributed by atoms with Gasteiger partial charge in [-0.2, -0.15) is 0 Å². The Kier molecular flexibility index (Phi) is 4.43. The fourth-order valence-corrected chi connectivity index (χ4v) is 2.59. The normalized spacial score (nSPS) is 10.3. The van der Waals surface area contributed by atoms with Crippen molar-refractivity contribution in [3.05, 3.63) is 53.8 Å². The number of anilines is 2. The van der Waals surface area contributed by atoms with Crippen LogP contribution >= 0.6 is 15.9 Å². The zero-order chi connectivity index (χ0) is 13.8. The minimum Gasteiger partial charge on any atom is -0.495 e. The molecule has 2 aromatic rings. The number of rotatable bonds is 4. The molecular weight excluding hydrogens is 309 g/mol. The van der Waals surface area contributed by atoms with Gasteiger partial charge in [-0.3, -0.25) is 0 Å². The van der Waals surface area contributed by atoms with Crippen LogP contribution in [-0.4, -0.2) is 14.2 Å². The van der Waals surface area contributed by atoms with Gasteiger partial charge in [-0.1, -0.05) is 34.1 Å². The molecule has 2 rings (SSSR count). The van der Waals surface area contributed by atoms with E-state index in [9.17, 15) is 4.39 Å². The van der Waals surface area contributed by atoms with Gasteiger partial charge in [0, 0.05) is 23.6 Å². The summed E-state index contributed by atoms with van der Waals surface area (Å²) in [6.07, 6.45) is 0. The molecule has 0 amide bonds. The Hall–Kier alpha value is -1.55. The van der Waals surface area contributed by atoms with Crippen molar-refractivity contribution in [2.24, 2.45) is 0 Å². The summed E-state index contributed by atoms with van der Waals surface area (Å²) in [4.78, 5) is 1.93. The first-order valence-corrected chi connectivity index (χ1v) is 7.01. The molecule has 0 aliphatic heterocycles. The zero-order valence-electron chi connectivity index (χ0n) is 10.9. The van der Waals surface area contributed by atoms with Gasteiger partial charge in [0.1, 0.15) is 11.6 Å². The Bertz CT molecular complexity index is 574.